The molecule has 0 unspecified atom stereocenters. The van der Waals surface area contributed by atoms with Gasteiger partial charge in [-0.3, -0.25) is 14.7 Å². The average molecular weight is 371 g/mol. The summed E-state index contributed by atoms with van der Waals surface area (Å²) in [4.78, 5) is 31.1. The summed E-state index contributed by atoms with van der Waals surface area (Å²) < 4.78 is 13.3. The molecule has 0 saturated carbocycles. The van der Waals surface area contributed by atoms with Gasteiger partial charge in [-0.15, -0.1) is 0 Å². The first kappa shape index (κ1) is 18.6. The number of fused-ring (bicyclic) bond motifs is 1. The van der Waals surface area contributed by atoms with Crippen molar-refractivity contribution >= 4 is 23.4 Å². The minimum absolute atomic E-state index is 0.138. The Hall–Kier alpha value is -3.16. The second-order valence-electron chi connectivity index (χ2n) is 6.05. The molecule has 1 aromatic heterocycles. The first-order valence-electron chi connectivity index (χ1n) is 8.87. The van der Waals surface area contributed by atoms with Crippen molar-refractivity contribution in [1.82, 2.24) is 15.3 Å². The summed E-state index contributed by atoms with van der Waals surface area (Å²) >= 11 is 0. The van der Waals surface area contributed by atoms with Crippen LogP contribution in [0.1, 0.15) is 19.4 Å². The molecule has 3 amide bonds. The molecule has 0 atom stereocenters. The summed E-state index contributed by atoms with van der Waals surface area (Å²) in [5.74, 6) is -0.0472. The highest BCUT2D eigenvalue weighted by Gasteiger charge is 2.36. The molecule has 1 aromatic carbocycles. The van der Waals surface area contributed by atoms with Gasteiger partial charge in [0.15, 0.2) is 5.82 Å². The summed E-state index contributed by atoms with van der Waals surface area (Å²) in [5.41, 5.74) is 1.25. The molecule has 27 heavy (non-hydrogen) atoms. The monoisotopic (exact) mass is 371 g/mol. The summed E-state index contributed by atoms with van der Waals surface area (Å²) in [7, 11) is 0. The Morgan fingerprint density at radius 3 is 2.63 bits per heavy atom. The maximum atomic E-state index is 13.3. The van der Waals surface area contributed by atoms with Gasteiger partial charge in [-0.25, -0.2) is 19.2 Å². The van der Waals surface area contributed by atoms with Crippen molar-refractivity contribution in [3.05, 3.63) is 54.0 Å². The van der Waals surface area contributed by atoms with Crippen LogP contribution in [0.4, 0.5) is 20.7 Å². The third-order valence-corrected chi connectivity index (χ3v) is 4.32. The molecule has 1 N–H and O–H groups in total. The predicted octanol–water partition coefficient (Wildman–Crippen LogP) is 2.54. The van der Waals surface area contributed by atoms with Gasteiger partial charge in [-0.1, -0.05) is 12.1 Å². The Morgan fingerprint density at radius 2 is 1.93 bits per heavy atom. The standard InChI is InChI=1S/C19H22FN5O2/c1-3-24-18-16(9-6-10-21-18)23(19(27)25(24)4-2)13-17(26)22-12-14-7-5-8-15(20)11-14/h5-11H,3-4,12-13H2,1-2H3,(H,22,26). The summed E-state index contributed by atoms with van der Waals surface area (Å²) in [6.45, 7) is 4.91. The molecule has 142 valence electrons. The van der Waals surface area contributed by atoms with E-state index in [2.05, 4.69) is 10.3 Å². The van der Waals surface area contributed by atoms with E-state index in [0.29, 0.717) is 30.2 Å². The van der Waals surface area contributed by atoms with Gasteiger partial charge >= 0.3 is 6.03 Å². The highest BCUT2D eigenvalue weighted by atomic mass is 19.1. The number of urea groups is 1. The average Bonchev–Trinajstić information content (AvgIpc) is 2.68. The fourth-order valence-electron chi connectivity index (χ4n) is 3.08. The summed E-state index contributed by atoms with van der Waals surface area (Å²) in [6, 6.07) is 9.26. The van der Waals surface area contributed by atoms with Crippen LogP contribution in [-0.2, 0) is 11.3 Å². The quantitative estimate of drug-likeness (QED) is 0.847. The van der Waals surface area contributed by atoms with E-state index in [1.54, 1.807) is 40.5 Å². The van der Waals surface area contributed by atoms with E-state index in [9.17, 15) is 14.0 Å². The molecule has 2 aromatic rings. The number of pyridine rings is 1. The zero-order valence-electron chi connectivity index (χ0n) is 15.4. The number of hydrogen-bond acceptors (Lipinski definition) is 4. The molecular weight excluding hydrogens is 349 g/mol. The van der Waals surface area contributed by atoms with Crippen LogP contribution in [0.15, 0.2) is 42.6 Å². The third kappa shape index (κ3) is 3.84. The molecule has 0 radical (unpaired) electrons. The topological polar surface area (TPSA) is 68.8 Å². The molecule has 0 bridgehead atoms. The highest BCUT2D eigenvalue weighted by molar-refractivity contribution is 6.03. The zero-order chi connectivity index (χ0) is 19.4. The molecule has 0 aliphatic carbocycles. The second kappa shape index (κ2) is 8.03. The van der Waals surface area contributed by atoms with Gasteiger partial charge in [0, 0.05) is 25.8 Å². The lowest BCUT2D eigenvalue weighted by Crippen LogP contribution is -2.58. The Balaban J connectivity index is 1.76. The van der Waals surface area contributed by atoms with E-state index in [-0.39, 0.29) is 30.8 Å². The SMILES string of the molecule is CCN1C(=O)N(CC(=O)NCc2cccc(F)c2)c2cccnc2N1CC. The first-order valence-corrected chi connectivity index (χ1v) is 8.87. The summed E-state index contributed by atoms with van der Waals surface area (Å²) in [6.07, 6.45) is 1.66. The number of hydrazine groups is 1. The van der Waals surface area contributed by atoms with Gasteiger partial charge in [0.1, 0.15) is 12.4 Å². The van der Waals surface area contributed by atoms with E-state index in [4.69, 9.17) is 0 Å². The van der Waals surface area contributed by atoms with Crippen molar-refractivity contribution in [3.8, 4) is 0 Å². The minimum atomic E-state index is -0.355. The van der Waals surface area contributed by atoms with Crippen LogP contribution in [0.5, 0.6) is 0 Å². The molecule has 7 nitrogen and oxygen atoms in total. The molecule has 0 saturated heterocycles. The fraction of sp³-hybridized carbons (Fsp3) is 0.316. The lowest BCUT2D eigenvalue weighted by Gasteiger charge is -2.43. The molecule has 1 aliphatic heterocycles. The number of aromatic nitrogens is 1. The molecule has 8 heteroatoms. The van der Waals surface area contributed by atoms with Gasteiger partial charge < -0.3 is 5.32 Å². The van der Waals surface area contributed by atoms with Crippen molar-refractivity contribution < 1.29 is 14.0 Å². The van der Waals surface area contributed by atoms with E-state index >= 15 is 0 Å². The van der Waals surface area contributed by atoms with Crippen LogP contribution in [-0.4, -0.2) is 41.6 Å². The van der Waals surface area contributed by atoms with Gasteiger partial charge in [-0.05, 0) is 43.7 Å². The Bertz CT molecular complexity index is 844. The van der Waals surface area contributed by atoms with Gasteiger partial charge in [-0.2, -0.15) is 0 Å². The van der Waals surface area contributed by atoms with Crippen molar-refractivity contribution in [2.75, 3.05) is 29.5 Å². The molecule has 0 spiro atoms. The smallest absolute Gasteiger partial charge is 0.343 e. The fourth-order valence-corrected chi connectivity index (χ4v) is 3.08. The van der Waals surface area contributed by atoms with Gasteiger partial charge in [0.2, 0.25) is 5.91 Å². The molecule has 1 aliphatic rings. The van der Waals surface area contributed by atoms with Crippen LogP contribution in [0.2, 0.25) is 0 Å². The van der Waals surface area contributed by atoms with Crippen LogP contribution in [0.25, 0.3) is 0 Å². The number of halogens is 1. The van der Waals surface area contributed by atoms with Gasteiger partial charge in [0.05, 0.1) is 5.69 Å². The number of carbonyl (C=O) groups excluding carboxylic acids is 2. The number of nitrogens with zero attached hydrogens (tertiary/aromatic N) is 4. The largest absolute Gasteiger partial charge is 0.350 e. The van der Waals surface area contributed by atoms with E-state index < -0.39 is 0 Å². The number of amides is 3. The Morgan fingerprint density at radius 1 is 1.15 bits per heavy atom. The summed E-state index contributed by atoms with van der Waals surface area (Å²) in [5, 5.41) is 6.10. The van der Waals surface area contributed by atoms with Crippen LogP contribution >= 0.6 is 0 Å². The van der Waals surface area contributed by atoms with Crippen molar-refractivity contribution in [3.63, 3.8) is 0 Å². The maximum Gasteiger partial charge on any atom is 0.343 e. The Kier molecular flexibility index (Phi) is 5.54. The normalized spacial score (nSPS) is 13.6. The number of carbonyl (C=O) groups is 2. The van der Waals surface area contributed by atoms with Crippen molar-refractivity contribution in [2.24, 2.45) is 0 Å². The highest BCUT2D eigenvalue weighted by Crippen LogP contribution is 2.33. The number of hydrogen-bond donors (Lipinski definition) is 1. The predicted molar refractivity (Wildman–Crippen MR) is 101 cm³/mol. The van der Waals surface area contributed by atoms with E-state index in [1.165, 1.54) is 17.0 Å². The minimum Gasteiger partial charge on any atom is -0.350 e. The lowest BCUT2D eigenvalue weighted by molar-refractivity contribution is -0.119. The van der Waals surface area contributed by atoms with Crippen molar-refractivity contribution in [2.45, 2.75) is 20.4 Å². The van der Waals surface area contributed by atoms with E-state index in [1.807, 2.05) is 13.8 Å². The van der Waals surface area contributed by atoms with Crippen molar-refractivity contribution in [1.29, 1.82) is 0 Å². The zero-order valence-corrected chi connectivity index (χ0v) is 15.4. The Labute approximate surface area is 157 Å². The number of anilines is 2. The number of rotatable bonds is 6. The molecule has 3 rings (SSSR count). The maximum absolute atomic E-state index is 13.3. The molecular formula is C19H22FN5O2. The number of nitrogens with one attached hydrogen (secondary N) is 1. The second-order valence-corrected chi connectivity index (χ2v) is 6.05. The first-order chi connectivity index (χ1) is 13.0. The van der Waals surface area contributed by atoms with E-state index in [0.717, 1.165) is 0 Å². The molecule has 0 fully saturated rings. The number of benzene rings is 1. The third-order valence-electron chi connectivity index (χ3n) is 4.32. The van der Waals surface area contributed by atoms with Crippen LogP contribution < -0.4 is 15.2 Å². The van der Waals surface area contributed by atoms with Crippen LogP contribution in [0, 0.1) is 5.82 Å². The molecule has 2 heterocycles. The van der Waals surface area contributed by atoms with Gasteiger partial charge in [0.25, 0.3) is 0 Å². The lowest BCUT2D eigenvalue weighted by atomic mass is 10.2. The van der Waals surface area contributed by atoms with Crippen LogP contribution in [0.3, 0.4) is 0 Å².